The van der Waals surface area contributed by atoms with E-state index in [0.717, 1.165) is 25.9 Å². The molecule has 0 radical (unpaired) electrons. The fourth-order valence-electron chi connectivity index (χ4n) is 2.69. The molecule has 96 valence electrons. The van der Waals surface area contributed by atoms with Gasteiger partial charge in [0.25, 0.3) is 0 Å². The summed E-state index contributed by atoms with van der Waals surface area (Å²) < 4.78 is 0. The van der Waals surface area contributed by atoms with Crippen molar-refractivity contribution in [2.45, 2.75) is 31.8 Å². The van der Waals surface area contributed by atoms with Crippen molar-refractivity contribution in [3.8, 4) is 0 Å². The third-order valence-corrected chi connectivity index (χ3v) is 3.90. The lowest BCUT2D eigenvalue weighted by atomic mass is 10.0. The lowest BCUT2D eigenvalue weighted by molar-refractivity contribution is -0.136. The minimum atomic E-state index is 0.204. The molecule has 18 heavy (non-hydrogen) atoms. The van der Waals surface area contributed by atoms with E-state index in [1.165, 1.54) is 5.56 Å². The molecule has 1 aromatic rings. The van der Waals surface area contributed by atoms with E-state index in [1.54, 1.807) is 0 Å². The van der Waals surface area contributed by atoms with Gasteiger partial charge in [0.1, 0.15) is 0 Å². The fourth-order valence-corrected chi connectivity index (χ4v) is 2.69. The molecule has 1 saturated carbocycles. The number of nitrogens with zero attached hydrogens (tertiary/aromatic N) is 1. The Hall–Kier alpha value is -1.35. The van der Waals surface area contributed by atoms with Crippen molar-refractivity contribution < 1.29 is 4.79 Å². The van der Waals surface area contributed by atoms with Crippen LogP contribution in [0.5, 0.6) is 0 Å². The van der Waals surface area contributed by atoms with Crippen molar-refractivity contribution in [3.05, 3.63) is 35.9 Å². The summed E-state index contributed by atoms with van der Waals surface area (Å²) in [4.78, 5) is 14.5. The first-order valence-electron chi connectivity index (χ1n) is 6.84. The third-order valence-electron chi connectivity index (χ3n) is 3.90. The molecule has 2 aliphatic rings. The van der Waals surface area contributed by atoms with Crippen LogP contribution in [0.2, 0.25) is 0 Å². The zero-order valence-electron chi connectivity index (χ0n) is 10.8. The molecule has 1 amide bonds. The van der Waals surface area contributed by atoms with Crippen molar-refractivity contribution in [1.82, 2.24) is 10.2 Å². The Balaban J connectivity index is 1.83. The Morgan fingerprint density at radius 1 is 1.28 bits per heavy atom. The van der Waals surface area contributed by atoms with Gasteiger partial charge in [0.15, 0.2) is 0 Å². The molecule has 1 N–H and O–H groups in total. The summed E-state index contributed by atoms with van der Waals surface area (Å²) >= 11 is 0. The molecule has 1 heterocycles. The molecule has 2 unspecified atom stereocenters. The highest BCUT2D eigenvalue weighted by molar-refractivity contribution is 5.81. The van der Waals surface area contributed by atoms with Crippen LogP contribution in [0.25, 0.3) is 0 Å². The Kier molecular flexibility index (Phi) is 3.08. The van der Waals surface area contributed by atoms with Gasteiger partial charge >= 0.3 is 0 Å². The van der Waals surface area contributed by atoms with E-state index in [1.807, 2.05) is 18.2 Å². The predicted molar refractivity (Wildman–Crippen MR) is 71.1 cm³/mol. The summed E-state index contributed by atoms with van der Waals surface area (Å²) in [7, 11) is 0. The number of piperazine rings is 1. The van der Waals surface area contributed by atoms with E-state index in [-0.39, 0.29) is 6.04 Å². The summed E-state index contributed by atoms with van der Waals surface area (Å²) in [6.45, 7) is 3.84. The van der Waals surface area contributed by atoms with Gasteiger partial charge in [-0.15, -0.1) is 0 Å². The average molecular weight is 244 g/mol. The van der Waals surface area contributed by atoms with E-state index in [9.17, 15) is 4.79 Å². The molecule has 3 heteroatoms. The molecule has 1 aliphatic carbocycles. The molecule has 0 bridgehead atoms. The summed E-state index contributed by atoms with van der Waals surface area (Å²) in [6, 6.07) is 11.0. The minimum absolute atomic E-state index is 0.204. The second-order valence-corrected chi connectivity index (χ2v) is 5.50. The summed E-state index contributed by atoms with van der Waals surface area (Å²) in [5.41, 5.74) is 1.24. The highest BCUT2D eigenvalue weighted by Crippen LogP contribution is 2.35. The maximum Gasteiger partial charge on any atom is 0.226 e. The first-order chi connectivity index (χ1) is 8.75. The number of rotatable bonds is 2. The van der Waals surface area contributed by atoms with Crippen molar-refractivity contribution in [2.75, 3.05) is 13.1 Å². The highest BCUT2D eigenvalue weighted by atomic mass is 16.2. The van der Waals surface area contributed by atoms with Crippen molar-refractivity contribution in [2.24, 2.45) is 5.92 Å². The van der Waals surface area contributed by atoms with Crippen molar-refractivity contribution >= 4 is 5.91 Å². The Morgan fingerprint density at radius 2 is 2.00 bits per heavy atom. The summed E-state index contributed by atoms with van der Waals surface area (Å²) in [6.07, 6.45) is 2.16. The lowest BCUT2D eigenvalue weighted by Gasteiger charge is -2.40. The van der Waals surface area contributed by atoms with E-state index < -0.39 is 0 Å². The van der Waals surface area contributed by atoms with Crippen LogP contribution in [-0.4, -0.2) is 29.9 Å². The molecule has 0 aromatic heterocycles. The van der Waals surface area contributed by atoms with Gasteiger partial charge in [0.05, 0.1) is 6.04 Å². The maximum absolute atomic E-state index is 12.4. The number of carbonyl (C=O) groups is 1. The number of amides is 1. The van der Waals surface area contributed by atoms with Crippen LogP contribution in [0.15, 0.2) is 30.3 Å². The van der Waals surface area contributed by atoms with E-state index >= 15 is 0 Å². The van der Waals surface area contributed by atoms with Crippen LogP contribution in [0.4, 0.5) is 0 Å². The summed E-state index contributed by atoms with van der Waals surface area (Å²) in [5.74, 6) is 0.665. The smallest absolute Gasteiger partial charge is 0.226 e. The van der Waals surface area contributed by atoms with Crippen LogP contribution >= 0.6 is 0 Å². The second-order valence-electron chi connectivity index (χ2n) is 5.50. The molecule has 3 nitrogen and oxygen atoms in total. The van der Waals surface area contributed by atoms with E-state index in [2.05, 4.69) is 29.3 Å². The van der Waals surface area contributed by atoms with E-state index in [0.29, 0.717) is 17.9 Å². The largest absolute Gasteiger partial charge is 0.333 e. The molecule has 1 saturated heterocycles. The van der Waals surface area contributed by atoms with Gasteiger partial charge in [-0.05, 0) is 25.3 Å². The maximum atomic E-state index is 12.4. The molecule has 3 rings (SSSR count). The second kappa shape index (κ2) is 4.73. The van der Waals surface area contributed by atoms with Gasteiger partial charge < -0.3 is 10.2 Å². The Morgan fingerprint density at radius 3 is 2.67 bits per heavy atom. The lowest BCUT2D eigenvalue weighted by Crippen LogP contribution is -2.53. The molecular formula is C15H20N2O. The first kappa shape index (κ1) is 11.7. The third kappa shape index (κ3) is 2.27. The number of benzene rings is 1. The predicted octanol–water partition coefficient (Wildman–Crippen LogP) is 1.96. The molecule has 1 aliphatic heterocycles. The topological polar surface area (TPSA) is 32.3 Å². The average Bonchev–Trinajstić information content (AvgIpc) is 3.23. The molecule has 2 atom stereocenters. The number of nitrogens with one attached hydrogen (secondary N) is 1. The zero-order valence-corrected chi connectivity index (χ0v) is 10.8. The normalized spacial score (nSPS) is 28.2. The molecule has 1 aromatic carbocycles. The van der Waals surface area contributed by atoms with Gasteiger partial charge in [0.2, 0.25) is 5.91 Å². The van der Waals surface area contributed by atoms with Gasteiger partial charge in [-0.25, -0.2) is 0 Å². The SMILES string of the molecule is CC1CN(C(=O)C2CC2)C(c2ccccc2)CN1. The van der Waals surface area contributed by atoms with Crippen LogP contribution in [0.3, 0.4) is 0 Å². The number of hydrogen-bond acceptors (Lipinski definition) is 2. The van der Waals surface area contributed by atoms with Crippen LogP contribution in [0.1, 0.15) is 31.4 Å². The Bertz CT molecular complexity index is 427. The fraction of sp³-hybridized carbons (Fsp3) is 0.533. The van der Waals surface area contributed by atoms with Gasteiger partial charge in [-0.1, -0.05) is 30.3 Å². The molecule has 2 fully saturated rings. The van der Waals surface area contributed by atoms with Crippen LogP contribution in [-0.2, 0) is 4.79 Å². The van der Waals surface area contributed by atoms with Crippen molar-refractivity contribution in [1.29, 1.82) is 0 Å². The van der Waals surface area contributed by atoms with E-state index in [4.69, 9.17) is 0 Å². The van der Waals surface area contributed by atoms with Crippen LogP contribution < -0.4 is 5.32 Å². The standard InChI is InChI=1S/C15H20N2O/c1-11-10-17(15(18)13-7-8-13)14(9-16-11)12-5-3-2-4-6-12/h2-6,11,13-14,16H,7-10H2,1H3. The number of hydrogen-bond donors (Lipinski definition) is 1. The monoisotopic (exact) mass is 244 g/mol. The van der Waals surface area contributed by atoms with Gasteiger partial charge in [0, 0.05) is 25.0 Å². The first-order valence-corrected chi connectivity index (χ1v) is 6.84. The van der Waals surface area contributed by atoms with Crippen LogP contribution in [0, 0.1) is 5.92 Å². The highest BCUT2D eigenvalue weighted by Gasteiger charge is 2.38. The summed E-state index contributed by atoms with van der Waals surface area (Å²) in [5, 5.41) is 3.48. The minimum Gasteiger partial charge on any atom is -0.333 e. The Labute approximate surface area is 108 Å². The van der Waals surface area contributed by atoms with Crippen molar-refractivity contribution in [3.63, 3.8) is 0 Å². The number of carbonyl (C=O) groups excluding carboxylic acids is 1. The quantitative estimate of drug-likeness (QED) is 0.862. The van der Waals surface area contributed by atoms with Gasteiger partial charge in [-0.3, -0.25) is 4.79 Å². The molecular weight excluding hydrogens is 224 g/mol. The molecule has 0 spiro atoms. The van der Waals surface area contributed by atoms with Gasteiger partial charge in [-0.2, -0.15) is 0 Å². The zero-order chi connectivity index (χ0) is 12.5.